The molecule has 9 N–H and O–H groups in total. The van der Waals surface area contributed by atoms with Crippen LogP contribution in [0.4, 0.5) is 11.6 Å². The normalized spacial score (nSPS) is 12.1. The molecule has 0 aliphatic carbocycles. The summed E-state index contributed by atoms with van der Waals surface area (Å²) in [6.45, 7) is 2.91. The molecular weight excluding hydrogens is 406 g/mol. The van der Waals surface area contributed by atoms with Crippen molar-refractivity contribution in [1.82, 2.24) is 15.3 Å². The summed E-state index contributed by atoms with van der Waals surface area (Å²) in [7, 11) is 0. The lowest BCUT2D eigenvalue weighted by Crippen LogP contribution is -2.38. The zero-order valence-electron chi connectivity index (χ0n) is 16.7. The first-order valence-corrected chi connectivity index (χ1v) is 9.68. The van der Waals surface area contributed by atoms with Crippen molar-refractivity contribution in [2.24, 2.45) is 21.5 Å². The van der Waals surface area contributed by atoms with Crippen LogP contribution in [0, 0.1) is 0 Å². The molecule has 160 valence electrons. The Labute approximate surface area is 179 Å². The van der Waals surface area contributed by atoms with Gasteiger partial charge in [-0.15, -0.1) is 0 Å². The Kier molecular flexibility index (Phi) is 8.36. The zero-order chi connectivity index (χ0) is 22.1. The summed E-state index contributed by atoms with van der Waals surface area (Å²) in [6, 6.07) is 8.25. The molecule has 1 aromatic carbocycles. The van der Waals surface area contributed by atoms with Crippen molar-refractivity contribution in [3.63, 3.8) is 0 Å². The molecule has 11 heteroatoms. The van der Waals surface area contributed by atoms with Gasteiger partial charge >= 0.3 is 0 Å². The molecule has 0 radical (unpaired) electrons. The molecule has 1 heterocycles. The first-order valence-electron chi connectivity index (χ1n) is 9.30. The number of aromatic nitrogens is 2. The van der Waals surface area contributed by atoms with Gasteiger partial charge in [0.25, 0.3) is 5.91 Å². The maximum atomic E-state index is 12.2. The Morgan fingerprint density at radius 1 is 1.00 bits per heavy atom. The Hall–Kier alpha value is -3.40. The number of halogens is 1. The van der Waals surface area contributed by atoms with Crippen LogP contribution in [0.5, 0.6) is 0 Å². The number of carbonyl (C=O) groups is 1. The summed E-state index contributed by atoms with van der Waals surface area (Å²) in [4.78, 5) is 28.1. The van der Waals surface area contributed by atoms with Crippen LogP contribution in [-0.2, 0) is 12.8 Å². The summed E-state index contributed by atoms with van der Waals surface area (Å²) in [5.41, 5.74) is 24.6. The predicted molar refractivity (Wildman–Crippen MR) is 120 cm³/mol. The fourth-order valence-electron chi connectivity index (χ4n) is 2.54. The van der Waals surface area contributed by atoms with E-state index in [0.29, 0.717) is 18.8 Å². The minimum Gasteiger partial charge on any atom is -0.388 e. The lowest BCUT2D eigenvalue weighted by atomic mass is 10.1. The largest absolute Gasteiger partial charge is 0.388 e. The smallest absolute Gasteiger partial charge is 0.280 e. The van der Waals surface area contributed by atoms with Crippen molar-refractivity contribution in [3.8, 4) is 0 Å². The summed E-state index contributed by atoms with van der Waals surface area (Å²) in [6.07, 6.45) is 2.56. The summed E-state index contributed by atoms with van der Waals surface area (Å²) < 4.78 is 0. The number of amidine groups is 1. The van der Waals surface area contributed by atoms with Crippen LogP contribution in [0.2, 0.25) is 5.15 Å². The molecule has 0 fully saturated rings. The number of guanidine groups is 1. The minimum atomic E-state index is -0.665. The van der Waals surface area contributed by atoms with E-state index in [1.165, 1.54) is 5.56 Å². The van der Waals surface area contributed by atoms with Gasteiger partial charge in [0.2, 0.25) is 0 Å². The van der Waals surface area contributed by atoms with Crippen molar-refractivity contribution < 1.29 is 4.79 Å². The van der Waals surface area contributed by atoms with Gasteiger partial charge in [-0.05, 0) is 37.3 Å². The summed E-state index contributed by atoms with van der Waals surface area (Å²) in [5.74, 6) is -0.317. The van der Waals surface area contributed by atoms with Crippen molar-refractivity contribution in [3.05, 3.63) is 46.2 Å². The zero-order valence-corrected chi connectivity index (χ0v) is 17.5. The number of nitrogens with zero attached hydrogens (tertiary/aromatic N) is 4. The van der Waals surface area contributed by atoms with Gasteiger partial charge in [-0.3, -0.25) is 20.1 Å². The second-order valence-corrected chi connectivity index (χ2v) is 6.91. The maximum absolute atomic E-state index is 12.2. The number of nitrogens with one attached hydrogen (secondary N) is 1. The van der Waals surface area contributed by atoms with Crippen molar-refractivity contribution in [1.29, 1.82) is 0 Å². The van der Waals surface area contributed by atoms with E-state index in [9.17, 15) is 4.79 Å². The fraction of sp³-hybridized carbons (Fsp3) is 0.316. The standard InChI is InChI=1S/C19H26ClN9O/c1-11(21)25-9-2-3-12-4-6-13(7-5-12)8-10-26-19(24)29-18(30)14-16(22)28-17(23)15(20)27-14/h4-7H,2-3,8-10H2,1H3,(H2,21,25)(H4,22,23,28)(H3,24,26,29,30). The average molecular weight is 432 g/mol. The molecule has 0 unspecified atom stereocenters. The van der Waals surface area contributed by atoms with Crippen LogP contribution in [-0.4, -0.2) is 40.8 Å². The third-order valence-corrected chi connectivity index (χ3v) is 4.33. The summed E-state index contributed by atoms with van der Waals surface area (Å²) >= 11 is 5.77. The number of benzene rings is 1. The first kappa shape index (κ1) is 22.9. The molecule has 30 heavy (non-hydrogen) atoms. The number of rotatable bonds is 8. The molecule has 2 aromatic rings. The molecule has 2 rings (SSSR count). The molecule has 1 amide bonds. The molecule has 0 saturated carbocycles. The number of carbonyl (C=O) groups excluding carboxylic acids is 1. The number of nitrogen functional groups attached to an aromatic ring is 2. The first-order chi connectivity index (χ1) is 14.3. The van der Waals surface area contributed by atoms with E-state index < -0.39 is 5.91 Å². The maximum Gasteiger partial charge on any atom is 0.280 e. The summed E-state index contributed by atoms with van der Waals surface area (Å²) in [5, 5.41) is 2.29. The number of amides is 1. The number of nitrogens with two attached hydrogens (primary N) is 4. The lowest BCUT2D eigenvalue weighted by Gasteiger charge is -2.07. The predicted octanol–water partition coefficient (Wildman–Crippen LogP) is 0.891. The lowest BCUT2D eigenvalue weighted by molar-refractivity contribution is 0.0972. The van der Waals surface area contributed by atoms with Crippen LogP contribution in [0.1, 0.15) is 35.0 Å². The van der Waals surface area contributed by atoms with Crippen LogP contribution in [0.25, 0.3) is 0 Å². The third-order valence-electron chi connectivity index (χ3n) is 4.05. The van der Waals surface area contributed by atoms with Gasteiger partial charge in [0, 0.05) is 13.1 Å². The highest BCUT2D eigenvalue weighted by atomic mass is 35.5. The number of aliphatic imine (C=N–C) groups is 2. The monoisotopic (exact) mass is 431 g/mol. The molecule has 0 spiro atoms. The molecule has 0 aliphatic heterocycles. The third kappa shape index (κ3) is 7.21. The van der Waals surface area contributed by atoms with E-state index in [4.69, 9.17) is 34.5 Å². The SMILES string of the molecule is CC(N)=NCCCc1ccc(CCN=C(N)NC(=O)c2nc(Cl)c(N)nc2N)cc1. The molecule has 0 atom stereocenters. The van der Waals surface area contributed by atoms with E-state index in [1.807, 2.05) is 12.1 Å². The molecule has 0 saturated heterocycles. The molecule has 1 aromatic heterocycles. The highest BCUT2D eigenvalue weighted by Crippen LogP contribution is 2.17. The van der Waals surface area contributed by atoms with Gasteiger partial charge in [0.15, 0.2) is 28.4 Å². The van der Waals surface area contributed by atoms with E-state index in [1.54, 1.807) is 6.92 Å². The second-order valence-electron chi connectivity index (χ2n) is 6.55. The number of hydrogen-bond acceptors (Lipinski definition) is 7. The number of aryl methyl sites for hydroxylation is 1. The Bertz CT molecular complexity index is 938. The topological polar surface area (TPSA) is 184 Å². The Morgan fingerprint density at radius 3 is 2.27 bits per heavy atom. The van der Waals surface area contributed by atoms with E-state index in [2.05, 4.69) is 37.4 Å². The van der Waals surface area contributed by atoms with Gasteiger partial charge in [-0.2, -0.15) is 0 Å². The van der Waals surface area contributed by atoms with Crippen LogP contribution in [0.3, 0.4) is 0 Å². The fourth-order valence-corrected chi connectivity index (χ4v) is 2.67. The molecule has 0 bridgehead atoms. The number of hydrogen-bond donors (Lipinski definition) is 5. The average Bonchev–Trinajstić information content (AvgIpc) is 2.69. The van der Waals surface area contributed by atoms with Gasteiger partial charge in [-0.25, -0.2) is 9.97 Å². The quantitative estimate of drug-likeness (QED) is 0.233. The van der Waals surface area contributed by atoms with Gasteiger partial charge in [0.05, 0.1) is 5.84 Å². The van der Waals surface area contributed by atoms with E-state index in [-0.39, 0.29) is 28.4 Å². The minimum absolute atomic E-state index is 0.0541. The van der Waals surface area contributed by atoms with Gasteiger partial charge in [0.1, 0.15) is 0 Å². The number of anilines is 2. The Morgan fingerprint density at radius 2 is 1.63 bits per heavy atom. The van der Waals surface area contributed by atoms with E-state index in [0.717, 1.165) is 24.9 Å². The van der Waals surface area contributed by atoms with Crippen molar-refractivity contribution in [2.75, 3.05) is 24.6 Å². The highest BCUT2D eigenvalue weighted by Gasteiger charge is 2.16. The molecule has 10 nitrogen and oxygen atoms in total. The second kappa shape index (κ2) is 11.0. The molecule has 0 aliphatic rings. The van der Waals surface area contributed by atoms with E-state index >= 15 is 0 Å². The molecular formula is C19H26ClN9O. The van der Waals surface area contributed by atoms with Gasteiger partial charge < -0.3 is 22.9 Å². The van der Waals surface area contributed by atoms with Crippen molar-refractivity contribution >= 4 is 40.9 Å². The van der Waals surface area contributed by atoms with Crippen molar-refractivity contribution in [2.45, 2.75) is 26.2 Å². The highest BCUT2D eigenvalue weighted by molar-refractivity contribution is 6.31. The Balaban J connectivity index is 1.82. The van der Waals surface area contributed by atoms with Gasteiger partial charge in [-0.1, -0.05) is 35.9 Å². The van der Waals surface area contributed by atoms with Crippen LogP contribution in [0.15, 0.2) is 34.3 Å². The van der Waals surface area contributed by atoms with Crippen LogP contribution >= 0.6 is 11.6 Å². The van der Waals surface area contributed by atoms with Crippen LogP contribution < -0.4 is 28.3 Å².